The fourth-order valence-corrected chi connectivity index (χ4v) is 1.68. The normalized spacial score (nSPS) is 10.7. The molecule has 1 aromatic carbocycles. The first-order chi connectivity index (χ1) is 9.38. The van der Waals surface area contributed by atoms with Gasteiger partial charge in [-0.1, -0.05) is 39.8 Å². The molecule has 0 atom stereocenters. The quantitative estimate of drug-likeness (QED) is 0.839. The minimum Gasteiger partial charge on any atom is -0.352 e. The molecule has 0 aliphatic rings. The Morgan fingerprint density at radius 3 is 2.15 bits per heavy atom. The van der Waals surface area contributed by atoms with E-state index in [9.17, 15) is 9.59 Å². The summed E-state index contributed by atoms with van der Waals surface area (Å²) >= 11 is 0. The maximum Gasteiger partial charge on any atom is 0.224 e. The molecule has 0 aromatic heterocycles. The number of carbonyl (C=O) groups excluding carboxylic acids is 2. The van der Waals surface area contributed by atoms with Crippen molar-refractivity contribution in [2.75, 3.05) is 5.32 Å². The minimum absolute atomic E-state index is 0.00963. The first kappa shape index (κ1) is 16.2. The van der Waals surface area contributed by atoms with Crippen LogP contribution < -0.4 is 10.6 Å². The van der Waals surface area contributed by atoms with Gasteiger partial charge in [0.25, 0.3) is 0 Å². The Kier molecular flexibility index (Phi) is 6.22. The van der Waals surface area contributed by atoms with E-state index in [4.69, 9.17) is 0 Å². The molecule has 0 unspecified atom stereocenters. The second kappa shape index (κ2) is 7.68. The van der Waals surface area contributed by atoms with Crippen molar-refractivity contribution in [3.05, 3.63) is 29.8 Å². The number of amides is 2. The highest BCUT2D eigenvalue weighted by atomic mass is 16.2. The van der Waals surface area contributed by atoms with E-state index in [0.717, 1.165) is 11.3 Å². The third-order valence-electron chi connectivity index (χ3n) is 2.82. The van der Waals surface area contributed by atoms with Gasteiger partial charge in [-0.15, -0.1) is 0 Å². The van der Waals surface area contributed by atoms with E-state index in [1.54, 1.807) is 0 Å². The molecule has 0 fully saturated rings. The molecule has 0 heterocycles. The van der Waals surface area contributed by atoms with Crippen LogP contribution >= 0.6 is 0 Å². The van der Waals surface area contributed by atoms with Crippen LogP contribution in [0.1, 0.15) is 39.7 Å². The molecule has 4 heteroatoms. The van der Waals surface area contributed by atoms with Crippen molar-refractivity contribution in [1.29, 1.82) is 0 Å². The Morgan fingerprint density at radius 1 is 1.05 bits per heavy atom. The lowest BCUT2D eigenvalue weighted by Crippen LogP contribution is -2.27. The average Bonchev–Trinajstić information content (AvgIpc) is 2.36. The summed E-state index contributed by atoms with van der Waals surface area (Å²) in [6.07, 6.45) is 0.520. The second-order valence-corrected chi connectivity index (χ2v) is 5.72. The highest BCUT2D eigenvalue weighted by Gasteiger charge is 2.07. The Bertz CT molecular complexity index is 450. The van der Waals surface area contributed by atoms with E-state index in [2.05, 4.69) is 10.6 Å². The van der Waals surface area contributed by atoms with Crippen molar-refractivity contribution in [2.45, 2.75) is 40.7 Å². The summed E-state index contributed by atoms with van der Waals surface area (Å²) in [4.78, 5) is 23.1. The topological polar surface area (TPSA) is 58.2 Å². The van der Waals surface area contributed by atoms with Gasteiger partial charge in [0.15, 0.2) is 0 Å². The highest BCUT2D eigenvalue weighted by molar-refractivity contribution is 5.90. The van der Waals surface area contributed by atoms with E-state index < -0.39 is 0 Å². The molecule has 0 radical (unpaired) electrons. The molecule has 0 aliphatic carbocycles. The maximum absolute atomic E-state index is 11.6. The Labute approximate surface area is 121 Å². The molecule has 1 aromatic rings. The Balaban J connectivity index is 2.48. The number of hydrogen-bond acceptors (Lipinski definition) is 2. The summed E-state index contributed by atoms with van der Waals surface area (Å²) in [5.74, 6) is 0.408. The third kappa shape index (κ3) is 5.87. The molecule has 0 saturated heterocycles. The number of benzene rings is 1. The summed E-state index contributed by atoms with van der Waals surface area (Å²) in [5, 5.41) is 5.72. The lowest BCUT2D eigenvalue weighted by Gasteiger charge is -2.10. The molecule has 0 aliphatic heterocycles. The molecule has 0 spiro atoms. The van der Waals surface area contributed by atoms with Gasteiger partial charge in [0.1, 0.15) is 0 Å². The SMILES string of the molecule is CC(C)CC(=O)Nc1ccc(CNC(=O)C(C)C)cc1. The minimum atomic E-state index is -0.00963. The van der Waals surface area contributed by atoms with Crippen LogP contribution in [-0.4, -0.2) is 11.8 Å². The van der Waals surface area contributed by atoms with E-state index >= 15 is 0 Å². The lowest BCUT2D eigenvalue weighted by atomic mass is 10.1. The second-order valence-electron chi connectivity index (χ2n) is 5.72. The number of hydrogen-bond donors (Lipinski definition) is 2. The van der Waals surface area contributed by atoms with Crippen LogP contribution in [0.2, 0.25) is 0 Å². The maximum atomic E-state index is 11.6. The molecule has 1 rings (SSSR count). The van der Waals surface area contributed by atoms with Gasteiger partial charge in [0.2, 0.25) is 11.8 Å². The van der Waals surface area contributed by atoms with Gasteiger partial charge in [-0.05, 0) is 23.6 Å². The zero-order valence-corrected chi connectivity index (χ0v) is 12.7. The Hall–Kier alpha value is -1.84. The van der Waals surface area contributed by atoms with Crippen LogP contribution in [0.3, 0.4) is 0 Å². The molecule has 0 bridgehead atoms. The summed E-state index contributed by atoms with van der Waals surface area (Å²) in [5.41, 5.74) is 1.80. The van der Waals surface area contributed by atoms with E-state index in [0.29, 0.717) is 18.9 Å². The smallest absolute Gasteiger partial charge is 0.224 e. The Morgan fingerprint density at radius 2 is 1.65 bits per heavy atom. The standard InChI is InChI=1S/C16H24N2O2/c1-11(2)9-15(19)18-14-7-5-13(6-8-14)10-17-16(20)12(3)4/h5-8,11-12H,9-10H2,1-4H3,(H,17,20)(H,18,19). The molecular weight excluding hydrogens is 252 g/mol. The number of carbonyl (C=O) groups is 2. The molecule has 110 valence electrons. The monoisotopic (exact) mass is 276 g/mol. The van der Waals surface area contributed by atoms with Gasteiger partial charge >= 0.3 is 0 Å². The van der Waals surface area contributed by atoms with Crippen LogP contribution in [0.4, 0.5) is 5.69 Å². The van der Waals surface area contributed by atoms with Crippen LogP contribution in [0.25, 0.3) is 0 Å². The van der Waals surface area contributed by atoms with Crippen LogP contribution in [0.15, 0.2) is 24.3 Å². The lowest BCUT2D eigenvalue weighted by molar-refractivity contribution is -0.124. The van der Waals surface area contributed by atoms with Gasteiger partial charge in [-0.2, -0.15) is 0 Å². The fraction of sp³-hybridized carbons (Fsp3) is 0.500. The van der Waals surface area contributed by atoms with Crippen molar-refractivity contribution >= 4 is 17.5 Å². The molecular formula is C16H24N2O2. The third-order valence-corrected chi connectivity index (χ3v) is 2.82. The van der Waals surface area contributed by atoms with Gasteiger partial charge in [0, 0.05) is 24.6 Å². The zero-order valence-electron chi connectivity index (χ0n) is 12.7. The molecule has 4 nitrogen and oxygen atoms in total. The predicted octanol–water partition coefficient (Wildman–Crippen LogP) is 2.94. The van der Waals surface area contributed by atoms with Crippen LogP contribution in [-0.2, 0) is 16.1 Å². The van der Waals surface area contributed by atoms with E-state index in [1.807, 2.05) is 52.0 Å². The first-order valence-electron chi connectivity index (χ1n) is 7.05. The van der Waals surface area contributed by atoms with Crippen molar-refractivity contribution in [2.24, 2.45) is 11.8 Å². The summed E-state index contributed by atoms with van der Waals surface area (Å²) in [6, 6.07) is 7.53. The number of anilines is 1. The van der Waals surface area contributed by atoms with Crippen molar-refractivity contribution in [3.63, 3.8) is 0 Å². The van der Waals surface area contributed by atoms with Gasteiger partial charge in [-0.25, -0.2) is 0 Å². The van der Waals surface area contributed by atoms with E-state index in [-0.39, 0.29) is 17.7 Å². The van der Waals surface area contributed by atoms with Crippen LogP contribution in [0, 0.1) is 11.8 Å². The predicted molar refractivity (Wildman–Crippen MR) is 81.2 cm³/mol. The van der Waals surface area contributed by atoms with Gasteiger partial charge in [-0.3, -0.25) is 9.59 Å². The number of nitrogens with one attached hydrogen (secondary N) is 2. The van der Waals surface area contributed by atoms with Crippen molar-refractivity contribution in [3.8, 4) is 0 Å². The first-order valence-corrected chi connectivity index (χ1v) is 7.05. The highest BCUT2D eigenvalue weighted by Crippen LogP contribution is 2.11. The van der Waals surface area contributed by atoms with E-state index in [1.165, 1.54) is 0 Å². The fourth-order valence-electron chi connectivity index (χ4n) is 1.68. The summed E-state index contributed by atoms with van der Waals surface area (Å²) in [7, 11) is 0. The summed E-state index contributed by atoms with van der Waals surface area (Å²) in [6.45, 7) is 8.27. The number of rotatable bonds is 6. The largest absolute Gasteiger partial charge is 0.352 e. The van der Waals surface area contributed by atoms with Crippen LogP contribution in [0.5, 0.6) is 0 Å². The molecule has 20 heavy (non-hydrogen) atoms. The average molecular weight is 276 g/mol. The molecule has 0 saturated carbocycles. The van der Waals surface area contributed by atoms with Gasteiger partial charge < -0.3 is 10.6 Å². The summed E-state index contributed by atoms with van der Waals surface area (Å²) < 4.78 is 0. The van der Waals surface area contributed by atoms with Crippen molar-refractivity contribution in [1.82, 2.24) is 5.32 Å². The van der Waals surface area contributed by atoms with Gasteiger partial charge in [0.05, 0.1) is 0 Å². The van der Waals surface area contributed by atoms with Crippen molar-refractivity contribution < 1.29 is 9.59 Å². The molecule has 2 amide bonds. The molecule has 2 N–H and O–H groups in total. The zero-order chi connectivity index (χ0) is 15.1.